The van der Waals surface area contributed by atoms with E-state index in [1.165, 1.54) is 9.36 Å². The van der Waals surface area contributed by atoms with Crippen molar-refractivity contribution < 1.29 is 4.79 Å². The molecule has 0 spiro atoms. The van der Waals surface area contributed by atoms with Gasteiger partial charge in [-0.15, -0.1) is 0 Å². The van der Waals surface area contributed by atoms with Crippen molar-refractivity contribution in [2.24, 2.45) is 0 Å². The zero-order chi connectivity index (χ0) is 17.3. The Kier molecular flexibility index (Phi) is 4.34. The first-order chi connectivity index (χ1) is 11.5. The van der Waals surface area contributed by atoms with Crippen LogP contribution >= 0.6 is 0 Å². The van der Waals surface area contributed by atoms with Gasteiger partial charge in [0.25, 0.3) is 0 Å². The van der Waals surface area contributed by atoms with Gasteiger partial charge in [0.15, 0.2) is 0 Å². The van der Waals surface area contributed by atoms with Crippen LogP contribution in [0.1, 0.15) is 50.8 Å². The van der Waals surface area contributed by atoms with E-state index in [0.717, 1.165) is 22.5 Å². The Hall–Kier alpha value is -2.69. The average molecular weight is 322 g/mol. The highest BCUT2D eigenvalue weighted by molar-refractivity contribution is 5.84. The Labute approximate surface area is 141 Å². The van der Waals surface area contributed by atoms with Crippen LogP contribution in [-0.4, -0.2) is 25.6 Å². The maximum Gasteiger partial charge on any atom is 0.369 e. The molecule has 0 unspecified atom stereocenters. The summed E-state index contributed by atoms with van der Waals surface area (Å²) in [6, 6.07) is 11.4. The van der Waals surface area contributed by atoms with Gasteiger partial charge in [-0.2, -0.15) is 19.6 Å². The SMILES string of the molecule is CC(C)c1nn(C(=O)n2cccn2)c(-c2ccccc2)c1C(C)C. The summed E-state index contributed by atoms with van der Waals surface area (Å²) >= 11 is 0. The third-order valence-electron chi connectivity index (χ3n) is 4.00. The van der Waals surface area contributed by atoms with Crippen LogP contribution in [0.3, 0.4) is 0 Å². The van der Waals surface area contributed by atoms with Crippen molar-refractivity contribution in [2.75, 3.05) is 0 Å². The highest BCUT2D eigenvalue weighted by atomic mass is 16.2. The third-order valence-corrected chi connectivity index (χ3v) is 4.00. The van der Waals surface area contributed by atoms with Crippen LogP contribution in [0.2, 0.25) is 0 Å². The van der Waals surface area contributed by atoms with E-state index in [9.17, 15) is 4.79 Å². The first-order valence-electron chi connectivity index (χ1n) is 8.23. The zero-order valence-corrected chi connectivity index (χ0v) is 14.5. The molecule has 0 fully saturated rings. The molecule has 0 saturated carbocycles. The molecule has 0 saturated heterocycles. The summed E-state index contributed by atoms with van der Waals surface area (Å²) in [6.45, 7) is 8.48. The molecule has 124 valence electrons. The Morgan fingerprint density at radius 3 is 2.25 bits per heavy atom. The lowest BCUT2D eigenvalue weighted by Crippen LogP contribution is -2.22. The molecule has 0 aliphatic rings. The maximum atomic E-state index is 12.9. The van der Waals surface area contributed by atoms with E-state index in [-0.39, 0.29) is 17.9 Å². The minimum atomic E-state index is -0.271. The Balaban J connectivity index is 2.28. The van der Waals surface area contributed by atoms with E-state index in [0.29, 0.717) is 0 Å². The lowest BCUT2D eigenvalue weighted by molar-refractivity contribution is 0.238. The normalized spacial score (nSPS) is 11.4. The Morgan fingerprint density at radius 2 is 1.71 bits per heavy atom. The summed E-state index contributed by atoms with van der Waals surface area (Å²) in [5.41, 5.74) is 3.93. The quantitative estimate of drug-likeness (QED) is 0.713. The summed E-state index contributed by atoms with van der Waals surface area (Å²) in [5, 5.41) is 8.73. The van der Waals surface area contributed by atoms with E-state index >= 15 is 0 Å². The number of carbonyl (C=O) groups excluding carboxylic acids is 1. The van der Waals surface area contributed by atoms with Gasteiger partial charge in [0, 0.05) is 23.5 Å². The highest BCUT2D eigenvalue weighted by Crippen LogP contribution is 2.35. The number of benzene rings is 1. The molecule has 0 bridgehead atoms. The number of rotatable bonds is 3. The molecule has 5 heteroatoms. The van der Waals surface area contributed by atoms with E-state index in [4.69, 9.17) is 0 Å². The largest absolute Gasteiger partial charge is 0.369 e. The molecule has 3 aromatic rings. The van der Waals surface area contributed by atoms with E-state index < -0.39 is 0 Å². The topological polar surface area (TPSA) is 52.7 Å². The first kappa shape index (κ1) is 16.2. The lowest BCUT2D eigenvalue weighted by atomic mass is 9.92. The molecular weight excluding hydrogens is 300 g/mol. The molecule has 2 heterocycles. The second kappa shape index (κ2) is 6.43. The van der Waals surface area contributed by atoms with Crippen LogP contribution in [0, 0.1) is 0 Å². The molecule has 5 nitrogen and oxygen atoms in total. The van der Waals surface area contributed by atoms with Crippen molar-refractivity contribution in [3.63, 3.8) is 0 Å². The van der Waals surface area contributed by atoms with Crippen molar-refractivity contribution >= 4 is 6.03 Å². The molecule has 0 atom stereocenters. The molecule has 0 amide bonds. The molecule has 24 heavy (non-hydrogen) atoms. The van der Waals surface area contributed by atoms with Crippen LogP contribution in [-0.2, 0) is 0 Å². The van der Waals surface area contributed by atoms with Crippen LogP contribution in [0.5, 0.6) is 0 Å². The first-order valence-corrected chi connectivity index (χ1v) is 8.23. The van der Waals surface area contributed by atoms with Gasteiger partial charge in [-0.25, -0.2) is 4.79 Å². The van der Waals surface area contributed by atoms with Gasteiger partial charge in [0.05, 0.1) is 11.4 Å². The van der Waals surface area contributed by atoms with Crippen LogP contribution in [0.4, 0.5) is 4.79 Å². The van der Waals surface area contributed by atoms with E-state index in [1.54, 1.807) is 18.5 Å². The Morgan fingerprint density at radius 1 is 1.00 bits per heavy atom. The van der Waals surface area contributed by atoms with Gasteiger partial charge in [-0.05, 0) is 17.9 Å². The van der Waals surface area contributed by atoms with Crippen LogP contribution in [0.25, 0.3) is 11.3 Å². The van der Waals surface area contributed by atoms with Crippen molar-refractivity contribution in [3.05, 3.63) is 60.0 Å². The van der Waals surface area contributed by atoms with Gasteiger partial charge in [-0.3, -0.25) is 0 Å². The molecule has 2 aromatic heterocycles. The van der Waals surface area contributed by atoms with E-state index in [1.807, 2.05) is 30.3 Å². The number of nitrogens with zero attached hydrogens (tertiary/aromatic N) is 4. The fraction of sp³-hybridized carbons (Fsp3) is 0.316. The van der Waals surface area contributed by atoms with Crippen molar-refractivity contribution in [3.8, 4) is 11.3 Å². The van der Waals surface area contributed by atoms with Gasteiger partial charge in [0.2, 0.25) is 0 Å². The van der Waals surface area contributed by atoms with Gasteiger partial charge < -0.3 is 0 Å². The fourth-order valence-electron chi connectivity index (χ4n) is 2.93. The van der Waals surface area contributed by atoms with E-state index in [2.05, 4.69) is 37.9 Å². The Bertz CT molecular complexity index is 830. The van der Waals surface area contributed by atoms with Gasteiger partial charge in [-0.1, -0.05) is 58.0 Å². The number of hydrogen-bond donors (Lipinski definition) is 0. The standard InChI is InChI=1S/C19H22N4O/c1-13(2)16-17(14(3)4)21-23(19(24)22-12-8-11-20-22)18(16)15-9-6-5-7-10-15/h5-14H,1-4H3. The summed E-state index contributed by atoms with van der Waals surface area (Å²) < 4.78 is 2.81. The summed E-state index contributed by atoms with van der Waals surface area (Å²) in [6.07, 6.45) is 3.24. The van der Waals surface area contributed by atoms with Crippen molar-refractivity contribution in [1.29, 1.82) is 0 Å². The number of aromatic nitrogens is 4. The third kappa shape index (κ3) is 2.77. The maximum absolute atomic E-state index is 12.9. The molecular formula is C19H22N4O. The summed E-state index contributed by atoms with van der Waals surface area (Å²) in [7, 11) is 0. The van der Waals surface area contributed by atoms with Crippen LogP contribution in [0.15, 0.2) is 48.8 Å². The minimum Gasteiger partial charge on any atom is -0.244 e. The predicted octanol–water partition coefficient (Wildman–Crippen LogP) is 4.51. The molecule has 0 aliphatic carbocycles. The van der Waals surface area contributed by atoms with Crippen LogP contribution < -0.4 is 0 Å². The smallest absolute Gasteiger partial charge is 0.244 e. The van der Waals surface area contributed by atoms with Crippen molar-refractivity contribution in [2.45, 2.75) is 39.5 Å². The monoisotopic (exact) mass is 322 g/mol. The molecule has 0 radical (unpaired) electrons. The number of hydrogen-bond acceptors (Lipinski definition) is 3. The van der Waals surface area contributed by atoms with Gasteiger partial charge in [0.1, 0.15) is 0 Å². The second-order valence-electron chi connectivity index (χ2n) is 6.47. The fourth-order valence-corrected chi connectivity index (χ4v) is 2.93. The zero-order valence-electron chi connectivity index (χ0n) is 14.5. The molecule has 0 N–H and O–H groups in total. The minimum absolute atomic E-state index is 0.233. The highest BCUT2D eigenvalue weighted by Gasteiger charge is 2.26. The summed E-state index contributed by atoms with van der Waals surface area (Å²) in [5.74, 6) is 0.494. The van der Waals surface area contributed by atoms with Gasteiger partial charge >= 0.3 is 6.03 Å². The lowest BCUT2D eigenvalue weighted by Gasteiger charge is -2.12. The molecule has 1 aromatic carbocycles. The summed E-state index contributed by atoms with van der Waals surface area (Å²) in [4.78, 5) is 12.9. The number of carbonyl (C=O) groups is 1. The molecule has 3 rings (SSSR count). The predicted molar refractivity (Wildman–Crippen MR) is 94.3 cm³/mol. The molecule has 0 aliphatic heterocycles. The van der Waals surface area contributed by atoms with Crippen molar-refractivity contribution in [1.82, 2.24) is 19.6 Å². The second-order valence-corrected chi connectivity index (χ2v) is 6.47. The average Bonchev–Trinajstić information content (AvgIpc) is 3.22.